The predicted molar refractivity (Wildman–Crippen MR) is 117 cm³/mol. The summed E-state index contributed by atoms with van der Waals surface area (Å²) in [6.07, 6.45) is 8.88. The number of nitrogens with one attached hydrogen (secondary N) is 1. The number of carbonyl (C=O) groups is 1. The number of hydrogen-bond acceptors (Lipinski definition) is 5. The Morgan fingerprint density at radius 3 is 2.80 bits per heavy atom. The fourth-order valence-corrected chi connectivity index (χ4v) is 9.23. The van der Waals surface area contributed by atoms with E-state index in [1.807, 2.05) is 0 Å². The highest BCUT2D eigenvalue weighted by atomic mass is 35.5. The topological polar surface area (TPSA) is 72.0 Å². The highest BCUT2D eigenvalue weighted by molar-refractivity contribution is 7.18. The normalized spacial score (nSPS) is 36.8. The van der Waals surface area contributed by atoms with E-state index in [1.54, 1.807) is 11.3 Å². The van der Waals surface area contributed by atoms with Gasteiger partial charge in [-0.15, -0.1) is 22.9 Å². The smallest absolute Gasteiger partial charge is 0.312 e. The van der Waals surface area contributed by atoms with E-state index < -0.39 is 5.41 Å². The van der Waals surface area contributed by atoms with Gasteiger partial charge in [-0.25, -0.2) is 4.98 Å². The number of nitrogens with zero attached hydrogens (tertiary/aromatic N) is 1. The third kappa shape index (κ3) is 2.97. The second kappa shape index (κ2) is 6.55. The fraction of sp³-hybridized carbons (Fsp3) is 0.696. The minimum absolute atomic E-state index is 0.0232. The van der Waals surface area contributed by atoms with Crippen molar-refractivity contribution in [3.8, 4) is 0 Å². The van der Waals surface area contributed by atoms with Crippen LogP contribution in [0.1, 0.15) is 68.1 Å². The first-order chi connectivity index (χ1) is 14.3. The third-order valence-corrected chi connectivity index (χ3v) is 9.57. The molecule has 0 saturated heterocycles. The molecule has 1 N–H and O–H groups in total. The maximum absolute atomic E-state index is 13.2. The molecule has 2 aromatic heterocycles. The van der Waals surface area contributed by atoms with E-state index in [9.17, 15) is 9.59 Å². The number of aromatic amines is 1. The lowest BCUT2D eigenvalue weighted by Gasteiger charge is -2.58. The Morgan fingerprint density at radius 1 is 1.30 bits per heavy atom. The minimum atomic E-state index is -0.436. The van der Waals surface area contributed by atoms with E-state index in [2.05, 4.69) is 16.9 Å². The Balaban J connectivity index is 1.23. The van der Waals surface area contributed by atoms with Crippen molar-refractivity contribution in [2.24, 2.45) is 23.2 Å². The summed E-state index contributed by atoms with van der Waals surface area (Å²) in [5.74, 6) is 2.04. The molecule has 0 spiro atoms. The molecule has 5 aliphatic carbocycles. The highest BCUT2D eigenvalue weighted by Gasteiger charge is 2.60. The molecule has 0 radical (unpaired) electrons. The van der Waals surface area contributed by atoms with Crippen LogP contribution < -0.4 is 5.56 Å². The molecule has 30 heavy (non-hydrogen) atoms. The Kier molecular flexibility index (Phi) is 4.21. The first-order valence-corrected chi connectivity index (χ1v) is 12.4. The zero-order chi connectivity index (χ0) is 20.7. The predicted octanol–water partition coefficient (Wildman–Crippen LogP) is 4.73. The van der Waals surface area contributed by atoms with Crippen molar-refractivity contribution in [2.75, 3.05) is 0 Å². The molecule has 5 nitrogen and oxygen atoms in total. The molecular formula is C23H27ClN2O3S. The largest absolute Gasteiger partial charge is 0.457 e. The van der Waals surface area contributed by atoms with Gasteiger partial charge >= 0.3 is 5.97 Å². The summed E-state index contributed by atoms with van der Waals surface area (Å²) in [6, 6.07) is 0. The van der Waals surface area contributed by atoms with Gasteiger partial charge < -0.3 is 9.72 Å². The number of fused-ring (bicyclic) bond motifs is 3. The average Bonchev–Trinajstić information content (AvgIpc) is 3.01. The third-order valence-electron chi connectivity index (χ3n) is 7.98. The molecule has 7 heteroatoms. The van der Waals surface area contributed by atoms with Crippen LogP contribution >= 0.6 is 22.9 Å². The molecular weight excluding hydrogens is 420 g/mol. The summed E-state index contributed by atoms with van der Waals surface area (Å²) in [7, 11) is 0. The number of aryl methyl sites for hydroxylation is 1. The molecule has 2 heterocycles. The Hall–Kier alpha value is -1.40. The van der Waals surface area contributed by atoms with Crippen molar-refractivity contribution < 1.29 is 9.53 Å². The maximum atomic E-state index is 13.2. The van der Waals surface area contributed by atoms with E-state index >= 15 is 0 Å². The Morgan fingerprint density at radius 2 is 2.07 bits per heavy atom. The zero-order valence-corrected chi connectivity index (χ0v) is 18.8. The second-order valence-electron chi connectivity index (χ2n) is 10.5. The standard InChI is InChI=1S/C23H27ClN2O3S/c1-12-2-3-15-16(4-12)30-20-18(15)19(27)25-17(26-20)10-29-21(28)22-6-13-5-14(7-22)9-23(24,8-13)11-22/h12-14H,2-11H2,1H3,(H,25,26,27)/t12-,13-,14+,22?,23?/m0/s1. The number of thiophene rings is 1. The molecule has 4 saturated carbocycles. The maximum Gasteiger partial charge on any atom is 0.312 e. The van der Waals surface area contributed by atoms with E-state index in [0.29, 0.717) is 23.6 Å². The van der Waals surface area contributed by atoms with Crippen molar-refractivity contribution >= 4 is 39.1 Å². The van der Waals surface area contributed by atoms with Gasteiger partial charge in [-0.05, 0) is 81.1 Å². The molecule has 0 aliphatic heterocycles. The first kappa shape index (κ1) is 19.3. The number of alkyl halides is 1. The lowest BCUT2D eigenvalue weighted by Crippen LogP contribution is -2.56. The van der Waals surface area contributed by atoms with Crippen LogP contribution in [0.5, 0.6) is 0 Å². The molecule has 2 aromatic rings. The fourth-order valence-electron chi connectivity index (χ4n) is 7.14. The number of esters is 1. The van der Waals surface area contributed by atoms with Crippen LogP contribution in [0, 0.1) is 23.2 Å². The minimum Gasteiger partial charge on any atom is -0.457 e. The van der Waals surface area contributed by atoms with Gasteiger partial charge in [0.05, 0.1) is 10.8 Å². The molecule has 4 bridgehead atoms. The SMILES string of the molecule is C[C@H]1CCc2c(sc3nc(COC(=O)C45C[C@@H]6C[C@@H](CC(Cl)(C6)C4)C5)[nH]c(=O)c23)C1. The van der Waals surface area contributed by atoms with Crippen LogP contribution in [0.25, 0.3) is 10.2 Å². The number of ether oxygens (including phenoxy) is 1. The van der Waals surface area contributed by atoms with Crippen LogP contribution in [0.4, 0.5) is 0 Å². The summed E-state index contributed by atoms with van der Waals surface area (Å²) in [6.45, 7) is 2.28. The number of H-pyrrole nitrogens is 1. The summed E-state index contributed by atoms with van der Waals surface area (Å²) in [5.41, 5.74) is 0.632. The van der Waals surface area contributed by atoms with E-state index in [0.717, 1.165) is 61.6 Å². The van der Waals surface area contributed by atoms with Crippen molar-refractivity contribution in [2.45, 2.75) is 76.2 Å². The average molecular weight is 447 g/mol. The molecule has 160 valence electrons. The number of hydrogen-bond donors (Lipinski definition) is 1. The lowest BCUT2D eigenvalue weighted by molar-refractivity contribution is -0.171. The number of aromatic nitrogens is 2. The van der Waals surface area contributed by atoms with Crippen LogP contribution in [0.15, 0.2) is 4.79 Å². The Bertz CT molecular complexity index is 1090. The van der Waals surface area contributed by atoms with E-state index in [1.165, 1.54) is 16.9 Å². The van der Waals surface area contributed by atoms with Crippen LogP contribution in [0.2, 0.25) is 0 Å². The lowest BCUT2D eigenvalue weighted by atomic mass is 9.49. The van der Waals surface area contributed by atoms with Gasteiger partial charge in [0.2, 0.25) is 0 Å². The molecule has 5 atom stereocenters. The van der Waals surface area contributed by atoms with Crippen molar-refractivity contribution in [3.63, 3.8) is 0 Å². The van der Waals surface area contributed by atoms with Crippen LogP contribution in [0.3, 0.4) is 0 Å². The van der Waals surface area contributed by atoms with Gasteiger partial charge in [-0.2, -0.15) is 0 Å². The Labute approximate surface area is 184 Å². The van der Waals surface area contributed by atoms with Gasteiger partial charge in [-0.3, -0.25) is 9.59 Å². The summed E-state index contributed by atoms with van der Waals surface area (Å²) < 4.78 is 5.76. The van der Waals surface area contributed by atoms with Gasteiger partial charge in [0, 0.05) is 9.75 Å². The van der Waals surface area contributed by atoms with Crippen molar-refractivity contribution in [1.29, 1.82) is 0 Å². The quantitative estimate of drug-likeness (QED) is 0.546. The molecule has 7 rings (SSSR count). The van der Waals surface area contributed by atoms with Crippen molar-refractivity contribution in [3.05, 3.63) is 26.6 Å². The zero-order valence-electron chi connectivity index (χ0n) is 17.3. The second-order valence-corrected chi connectivity index (χ2v) is 12.4. The summed E-state index contributed by atoms with van der Waals surface area (Å²) >= 11 is 8.49. The molecule has 5 aliphatic rings. The number of halogens is 1. The number of carbonyl (C=O) groups excluding carboxylic acids is 1. The number of rotatable bonds is 3. The first-order valence-electron chi connectivity index (χ1n) is 11.2. The molecule has 0 aromatic carbocycles. The molecule has 0 amide bonds. The van der Waals surface area contributed by atoms with E-state index in [-0.39, 0.29) is 23.0 Å². The van der Waals surface area contributed by atoms with Gasteiger partial charge in [0.15, 0.2) is 0 Å². The highest BCUT2D eigenvalue weighted by Crippen LogP contribution is 2.64. The van der Waals surface area contributed by atoms with Gasteiger partial charge in [0.25, 0.3) is 5.56 Å². The summed E-state index contributed by atoms with van der Waals surface area (Å²) in [5, 5.41) is 0.738. The van der Waals surface area contributed by atoms with Gasteiger partial charge in [0.1, 0.15) is 17.3 Å². The van der Waals surface area contributed by atoms with Gasteiger partial charge in [-0.1, -0.05) is 6.92 Å². The van der Waals surface area contributed by atoms with E-state index in [4.69, 9.17) is 16.3 Å². The molecule has 4 fully saturated rings. The van der Waals surface area contributed by atoms with Crippen molar-refractivity contribution in [1.82, 2.24) is 9.97 Å². The monoisotopic (exact) mass is 446 g/mol. The van der Waals surface area contributed by atoms with Crippen LogP contribution in [-0.2, 0) is 29.0 Å². The molecule has 2 unspecified atom stereocenters. The summed E-state index contributed by atoms with van der Waals surface area (Å²) in [4.78, 5) is 35.3. The van der Waals surface area contributed by atoms with Crippen LogP contribution in [-0.4, -0.2) is 20.8 Å².